The highest BCUT2D eigenvalue weighted by atomic mass is 32.2. The van der Waals surface area contributed by atoms with E-state index in [9.17, 15) is 13.2 Å². The van der Waals surface area contributed by atoms with E-state index in [1.807, 2.05) is 13.8 Å². The summed E-state index contributed by atoms with van der Waals surface area (Å²) in [6, 6.07) is 16.9. The minimum absolute atomic E-state index is 0.164. The van der Waals surface area contributed by atoms with Gasteiger partial charge in [0.1, 0.15) is 0 Å². The zero-order valence-corrected chi connectivity index (χ0v) is 18.5. The number of amides is 1. The third kappa shape index (κ3) is 3.46. The largest absolute Gasteiger partial charge is 0.454 e. The maximum Gasteiger partial charge on any atom is 0.264 e. The van der Waals surface area contributed by atoms with Gasteiger partial charge in [-0.1, -0.05) is 17.7 Å². The molecule has 0 fully saturated rings. The number of fused-ring (bicyclic) bond motifs is 2. The molecule has 2 aliphatic heterocycles. The molecule has 3 aromatic carbocycles. The minimum atomic E-state index is -3.70. The molecule has 5 rings (SSSR count). The maximum atomic E-state index is 13.3. The number of carbonyl (C=O) groups excluding carboxylic acids is 1. The summed E-state index contributed by atoms with van der Waals surface area (Å²) in [6.45, 7) is 3.95. The first kappa shape index (κ1) is 20.4. The molecule has 32 heavy (non-hydrogen) atoms. The van der Waals surface area contributed by atoms with E-state index in [0.717, 1.165) is 11.1 Å². The zero-order valence-electron chi connectivity index (χ0n) is 17.7. The molecule has 0 bridgehead atoms. The highest BCUT2D eigenvalue weighted by Crippen LogP contribution is 2.38. The van der Waals surface area contributed by atoms with Crippen molar-refractivity contribution in [3.8, 4) is 11.5 Å². The first-order chi connectivity index (χ1) is 15.3. The Labute approximate surface area is 186 Å². The standard InChI is InChI=1S/C24H22N2O5S/c1-15-3-7-20(8-4-15)32(28,29)26-16(2)11-18-12-17(5-9-21(18)26)24(27)25-19-6-10-22-23(13-19)31-14-30-22/h3-10,12-13,16H,11,14H2,1-2H3,(H,25,27)/t16-/m1/s1. The topological polar surface area (TPSA) is 84.9 Å². The van der Waals surface area contributed by atoms with Gasteiger partial charge in [-0.25, -0.2) is 8.42 Å². The molecule has 0 saturated carbocycles. The van der Waals surface area contributed by atoms with E-state index < -0.39 is 10.0 Å². The van der Waals surface area contributed by atoms with Crippen LogP contribution in [0.4, 0.5) is 11.4 Å². The van der Waals surface area contributed by atoms with E-state index in [2.05, 4.69) is 5.32 Å². The van der Waals surface area contributed by atoms with Crippen molar-refractivity contribution in [2.75, 3.05) is 16.4 Å². The summed E-state index contributed by atoms with van der Waals surface area (Å²) >= 11 is 0. The van der Waals surface area contributed by atoms with Gasteiger partial charge in [0.25, 0.3) is 15.9 Å². The molecular weight excluding hydrogens is 428 g/mol. The second-order valence-electron chi connectivity index (χ2n) is 8.03. The first-order valence-electron chi connectivity index (χ1n) is 10.3. The number of hydrogen-bond acceptors (Lipinski definition) is 5. The highest BCUT2D eigenvalue weighted by Gasteiger charge is 2.36. The average Bonchev–Trinajstić information content (AvgIpc) is 3.36. The predicted octanol–water partition coefficient (Wildman–Crippen LogP) is 4.12. The molecular formula is C24H22N2O5S. The SMILES string of the molecule is Cc1ccc(S(=O)(=O)N2c3ccc(C(=O)Nc4ccc5c(c4)OCO5)cc3C[C@H]2C)cc1. The molecule has 0 aliphatic carbocycles. The summed E-state index contributed by atoms with van der Waals surface area (Å²) < 4.78 is 38.7. The lowest BCUT2D eigenvalue weighted by molar-refractivity contribution is 0.102. The molecule has 164 valence electrons. The van der Waals surface area contributed by atoms with Crippen LogP contribution in [0.5, 0.6) is 11.5 Å². The summed E-state index contributed by atoms with van der Waals surface area (Å²) in [5, 5.41) is 2.86. The molecule has 8 heteroatoms. The van der Waals surface area contributed by atoms with E-state index in [-0.39, 0.29) is 23.6 Å². The monoisotopic (exact) mass is 450 g/mol. The van der Waals surface area contributed by atoms with Gasteiger partial charge in [0, 0.05) is 23.4 Å². The number of benzene rings is 3. The van der Waals surface area contributed by atoms with E-state index >= 15 is 0 Å². The Morgan fingerprint density at radius 3 is 2.53 bits per heavy atom. The van der Waals surface area contributed by atoms with Gasteiger partial charge >= 0.3 is 0 Å². The predicted molar refractivity (Wildman–Crippen MR) is 121 cm³/mol. The third-order valence-corrected chi connectivity index (χ3v) is 7.65. The molecule has 0 unspecified atom stereocenters. The summed E-state index contributed by atoms with van der Waals surface area (Å²) in [5.41, 5.74) is 3.49. The van der Waals surface area contributed by atoms with Crippen molar-refractivity contribution in [2.45, 2.75) is 31.2 Å². The molecule has 1 atom stereocenters. The molecule has 1 amide bonds. The van der Waals surface area contributed by atoms with Gasteiger partial charge in [0.15, 0.2) is 11.5 Å². The second kappa shape index (κ2) is 7.56. The van der Waals surface area contributed by atoms with Crippen molar-refractivity contribution >= 4 is 27.3 Å². The van der Waals surface area contributed by atoms with Crippen molar-refractivity contribution in [1.29, 1.82) is 0 Å². The molecule has 2 aliphatic rings. The molecule has 0 aromatic heterocycles. The van der Waals surface area contributed by atoms with Gasteiger partial charge in [-0.05, 0) is 68.3 Å². The molecule has 0 spiro atoms. The lowest BCUT2D eigenvalue weighted by atomic mass is 10.1. The van der Waals surface area contributed by atoms with Crippen LogP contribution in [-0.2, 0) is 16.4 Å². The van der Waals surface area contributed by atoms with Gasteiger partial charge in [-0.2, -0.15) is 0 Å². The van der Waals surface area contributed by atoms with Gasteiger partial charge in [0.05, 0.1) is 10.6 Å². The Morgan fingerprint density at radius 1 is 1.00 bits per heavy atom. The van der Waals surface area contributed by atoms with E-state index in [1.165, 1.54) is 4.31 Å². The summed E-state index contributed by atoms with van der Waals surface area (Å²) in [6.07, 6.45) is 0.533. The summed E-state index contributed by atoms with van der Waals surface area (Å²) in [4.78, 5) is 13.1. The molecule has 3 aromatic rings. The van der Waals surface area contributed by atoms with Crippen molar-refractivity contribution in [1.82, 2.24) is 0 Å². The van der Waals surface area contributed by atoms with Gasteiger partial charge in [-0.15, -0.1) is 0 Å². The number of nitrogens with one attached hydrogen (secondary N) is 1. The number of nitrogens with zero attached hydrogens (tertiary/aromatic N) is 1. The van der Waals surface area contributed by atoms with Crippen molar-refractivity contribution in [3.63, 3.8) is 0 Å². The number of ether oxygens (including phenoxy) is 2. The fourth-order valence-electron chi connectivity index (χ4n) is 4.11. The first-order valence-corrected chi connectivity index (χ1v) is 11.7. The van der Waals surface area contributed by atoms with Crippen LogP contribution in [0.3, 0.4) is 0 Å². The van der Waals surface area contributed by atoms with Gasteiger partial charge < -0.3 is 14.8 Å². The molecule has 7 nitrogen and oxygen atoms in total. The minimum Gasteiger partial charge on any atom is -0.454 e. The van der Waals surface area contributed by atoms with Gasteiger partial charge in [0.2, 0.25) is 6.79 Å². The number of sulfonamides is 1. The van der Waals surface area contributed by atoms with Crippen LogP contribution in [0.15, 0.2) is 65.6 Å². The number of aryl methyl sites for hydroxylation is 1. The van der Waals surface area contributed by atoms with E-state index in [4.69, 9.17) is 9.47 Å². The summed E-state index contributed by atoms with van der Waals surface area (Å²) in [5.74, 6) is 0.950. The molecule has 1 N–H and O–H groups in total. The maximum absolute atomic E-state index is 13.3. The van der Waals surface area contributed by atoms with Crippen LogP contribution in [0.1, 0.15) is 28.4 Å². The van der Waals surface area contributed by atoms with Crippen LogP contribution in [0, 0.1) is 6.92 Å². The fourth-order valence-corrected chi connectivity index (χ4v) is 5.80. The van der Waals surface area contributed by atoms with E-state index in [0.29, 0.717) is 34.9 Å². The number of hydrogen-bond donors (Lipinski definition) is 1. The summed E-state index contributed by atoms with van der Waals surface area (Å²) in [7, 11) is -3.70. The number of rotatable bonds is 4. The van der Waals surface area contributed by atoms with Crippen molar-refractivity contribution in [3.05, 3.63) is 77.4 Å². The van der Waals surface area contributed by atoms with Crippen molar-refractivity contribution < 1.29 is 22.7 Å². The van der Waals surface area contributed by atoms with Crippen LogP contribution in [-0.4, -0.2) is 27.2 Å². The fraction of sp³-hybridized carbons (Fsp3) is 0.208. The van der Waals surface area contributed by atoms with Crippen LogP contribution in [0.2, 0.25) is 0 Å². The smallest absolute Gasteiger partial charge is 0.264 e. The number of anilines is 2. The molecule has 0 saturated heterocycles. The second-order valence-corrected chi connectivity index (χ2v) is 9.85. The van der Waals surface area contributed by atoms with Crippen molar-refractivity contribution in [2.24, 2.45) is 0 Å². The number of carbonyl (C=O) groups is 1. The zero-order chi connectivity index (χ0) is 22.5. The molecule has 0 radical (unpaired) electrons. The molecule has 2 heterocycles. The lowest BCUT2D eigenvalue weighted by Gasteiger charge is -2.24. The van der Waals surface area contributed by atoms with Gasteiger partial charge in [-0.3, -0.25) is 9.10 Å². The highest BCUT2D eigenvalue weighted by molar-refractivity contribution is 7.92. The Balaban J connectivity index is 1.41. The average molecular weight is 451 g/mol. The van der Waals surface area contributed by atoms with Crippen LogP contribution >= 0.6 is 0 Å². The third-order valence-electron chi connectivity index (χ3n) is 5.70. The van der Waals surface area contributed by atoms with Crippen LogP contribution in [0.25, 0.3) is 0 Å². The Bertz CT molecular complexity index is 1320. The quantitative estimate of drug-likeness (QED) is 0.647. The Hall–Kier alpha value is -3.52. The van der Waals surface area contributed by atoms with Crippen LogP contribution < -0.4 is 19.1 Å². The Kier molecular flexibility index (Phi) is 4.82. The van der Waals surface area contributed by atoms with E-state index in [1.54, 1.807) is 60.7 Å². The lowest BCUT2D eigenvalue weighted by Crippen LogP contribution is -2.35. The Morgan fingerprint density at radius 2 is 1.75 bits per heavy atom. The normalized spacial score (nSPS) is 16.7.